The second-order valence-corrected chi connectivity index (χ2v) is 8.20. The second-order valence-electron chi connectivity index (χ2n) is 8.20. The van der Waals surface area contributed by atoms with Crippen LogP contribution >= 0.6 is 0 Å². The molecular weight excluding hydrogens is 433 g/mol. The fraction of sp³-hybridized carbons (Fsp3) is 0.269. The number of carbonyl (C=O) groups is 2. The minimum Gasteiger partial charge on any atom is -0.346 e. The minimum atomic E-state index is -0.398. The third-order valence-corrected chi connectivity index (χ3v) is 5.85. The van der Waals surface area contributed by atoms with Crippen LogP contribution in [0.15, 0.2) is 60.8 Å². The number of hydrogen-bond acceptors (Lipinski definition) is 4. The SMILES string of the molecule is N#CCCn1cc(C=CC(=O)N2CCN(CC(=O)Nc3cccc(F)c3)CC2)c2ccccc21. The van der Waals surface area contributed by atoms with E-state index in [2.05, 4.69) is 11.4 Å². The van der Waals surface area contributed by atoms with Crippen molar-refractivity contribution < 1.29 is 14.0 Å². The molecule has 0 saturated carbocycles. The van der Waals surface area contributed by atoms with E-state index in [0.717, 1.165) is 16.5 Å². The number of nitrogens with zero attached hydrogens (tertiary/aromatic N) is 4. The van der Waals surface area contributed by atoms with Crippen LogP contribution in [0.25, 0.3) is 17.0 Å². The molecule has 1 saturated heterocycles. The number of anilines is 1. The Kier molecular flexibility index (Phi) is 7.35. The standard InChI is InChI=1S/C26H26FN5O2/c27-21-5-3-6-22(17-21)29-25(33)19-30-13-15-31(16-14-30)26(34)10-9-20-18-32(12-4-11-28)24-8-2-1-7-23(20)24/h1-3,5-10,17-18H,4,12-16,19H2,(H,29,33). The number of halogens is 1. The van der Waals surface area contributed by atoms with Crippen molar-refractivity contribution in [2.45, 2.75) is 13.0 Å². The predicted octanol–water partition coefficient (Wildman–Crippen LogP) is 3.49. The number of para-hydroxylation sites is 1. The number of benzene rings is 2. The Morgan fingerprint density at radius 1 is 1.09 bits per heavy atom. The Hall–Kier alpha value is -3.96. The average molecular weight is 460 g/mol. The summed E-state index contributed by atoms with van der Waals surface area (Å²) in [5.74, 6) is -0.680. The Labute approximate surface area is 197 Å². The highest BCUT2D eigenvalue weighted by Gasteiger charge is 2.21. The Morgan fingerprint density at radius 3 is 2.65 bits per heavy atom. The molecule has 0 unspecified atom stereocenters. The van der Waals surface area contributed by atoms with E-state index in [1.165, 1.54) is 12.1 Å². The number of nitrogens with one attached hydrogen (secondary N) is 1. The van der Waals surface area contributed by atoms with E-state index in [1.807, 2.05) is 46.0 Å². The van der Waals surface area contributed by atoms with Gasteiger partial charge in [-0.1, -0.05) is 24.3 Å². The molecule has 2 amide bonds. The molecule has 34 heavy (non-hydrogen) atoms. The van der Waals surface area contributed by atoms with Gasteiger partial charge in [-0.05, 0) is 30.3 Å². The number of amides is 2. The third kappa shape index (κ3) is 5.69. The number of nitriles is 1. The van der Waals surface area contributed by atoms with E-state index in [9.17, 15) is 14.0 Å². The summed E-state index contributed by atoms with van der Waals surface area (Å²) in [7, 11) is 0. The monoisotopic (exact) mass is 459 g/mol. The zero-order valence-electron chi connectivity index (χ0n) is 18.8. The van der Waals surface area contributed by atoms with Crippen LogP contribution in [0.5, 0.6) is 0 Å². The molecule has 0 aliphatic carbocycles. The van der Waals surface area contributed by atoms with Gasteiger partial charge in [-0.25, -0.2) is 4.39 Å². The summed E-state index contributed by atoms with van der Waals surface area (Å²) in [6.07, 6.45) is 5.81. The molecule has 0 bridgehead atoms. The smallest absolute Gasteiger partial charge is 0.246 e. The second kappa shape index (κ2) is 10.8. The largest absolute Gasteiger partial charge is 0.346 e. The predicted molar refractivity (Wildman–Crippen MR) is 129 cm³/mol. The summed E-state index contributed by atoms with van der Waals surface area (Å²) >= 11 is 0. The zero-order valence-corrected chi connectivity index (χ0v) is 18.8. The molecule has 8 heteroatoms. The van der Waals surface area contributed by atoms with Crippen LogP contribution in [0.1, 0.15) is 12.0 Å². The molecule has 2 heterocycles. The van der Waals surface area contributed by atoms with Gasteiger partial charge in [0.1, 0.15) is 5.82 Å². The molecule has 1 aliphatic rings. The lowest BCUT2D eigenvalue weighted by Gasteiger charge is -2.33. The Bertz CT molecular complexity index is 1250. The van der Waals surface area contributed by atoms with Gasteiger partial charge in [0.15, 0.2) is 0 Å². The van der Waals surface area contributed by atoms with Gasteiger partial charge < -0.3 is 14.8 Å². The maximum atomic E-state index is 13.3. The van der Waals surface area contributed by atoms with Crippen LogP contribution in [-0.4, -0.2) is 58.9 Å². The molecule has 2 aromatic carbocycles. The van der Waals surface area contributed by atoms with E-state index < -0.39 is 5.82 Å². The molecule has 1 aromatic heterocycles. The minimum absolute atomic E-state index is 0.0716. The van der Waals surface area contributed by atoms with Gasteiger partial charge in [0, 0.05) is 67.2 Å². The fourth-order valence-corrected chi connectivity index (χ4v) is 4.13. The molecular formula is C26H26FN5O2. The van der Waals surface area contributed by atoms with Crippen LogP contribution in [0.2, 0.25) is 0 Å². The lowest BCUT2D eigenvalue weighted by Crippen LogP contribution is -2.50. The number of aryl methyl sites for hydroxylation is 1. The first-order chi connectivity index (χ1) is 16.5. The van der Waals surface area contributed by atoms with Crippen molar-refractivity contribution in [2.75, 3.05) is 38.0 Å². The summed E-state index contributed by atoms with van der Waals surface area (Å²) in [6, 6.07) is 15.9. The number of aromatic nitrogens is 1. The highest BCUT2D eigenvalue weighted by atomic mass is 19.1. The van der Waals surface area contributed by atoms with Gasteiger partial charge in [0.25, 0.3) is 0 Å². The molecule has 0 atom stereocenters. The summed E-state index contributed by atoms with van der Waals surface area (Å²) in [4.78, 5) is 28.7. The van der Waals surface area contributed by atoms with E-state index in [-0.39, 0.29) is 18.4 Å². The van der Waals surface area contributed by atoms with Gasteiger partial charge >= 0.3 is 0 Å². The highest BCUT2D eigenvalue weighted by Crippen LogP contribution is 2.23. The molecule has 3 aromatic rings. The van der Waals surface area contributed by atoms with E-state index in [4.69, 9.17) is 5.26 Å². The van der Waals surface area contributed by atoms with Gasteiger partial charge in [-0.2, -0.15) is 5.26 Å². The summed E-state index contributed by atoms with van der Waals surface area (Å²) in [5, 5.41) is 12.6. The van der Waals surface area contributed by atoms with Crippen LogP contribution in [0, 0.1) is 17.1 Å². The van der Waals surface area contributed by atoms with E-state index >= 15 is 0 Å². The Balaban J connectivity index is 1.31. The molecule has 7 nitrogen and oxygen atoms in total. The van der Waals surface area contributed by atoms with Crippen LogP contribution < -0.4 is 5.32 Å². The summed E-state index contributed by atoms with van der Waals surface area (Å²) in [5.41, 5.74) is 2.41. The number of fused-ring (bicyclic) bond motifs is 1. The van der Waals surface area contributed by atoms with E-state index in [1.54, 1.807) is 23.1 Å². The summed E-state index contributed by atoms with van der Waals surface area (Å²) < 4.78 is 15.3. The van der Waals surface area contributed by atoms with Crippen molar-refractivity contribution in [3.05, 3.63) is 72.2 Å². The topological polar surface area (TPSA) is 81.4 Å². The maximum absolute atomic E-state index is 13.3. The zero-order chi connectivity index (χ0) is 23.9. The quantitative estimate of drug-likeness (QED) is 0.549. The third-order valence-electron chi connectivity index (χ3n) is 5.85. The lowest BCUT2D eigenvalue weighted by atomic mass is 10.1. The number of piperazine rings is 1. The highest BCUT2D eigenvalue weighted by molar-refractivity contribution is 5.96. The van der Waals surface area contributed by atoms with Crippen molar-refractivity contribution >= 4 is 34.5 Å². The lowest BCUT2D eigenvalue weighted by molar-refractivity contribution is -0.127. The van der Waals surface area contributed by atoms with Crippen molar-refractivity contribution in [1.29, 1.82) is 5.26 Å². The van der Waals surface area contributed by atoms with Crippen LogP contribution in [-0.2, 0) is 16.1 Å². The molecule has 1 aliphatic heterocycles. The van der Waals surface area contributed by atoms with E-state index in [0.29, 0.717) is 44.8 Å². The first-order valence-electron chi connectivity index (χ1n) is 11.2. The molecule has 174 valence electrons. The molecule has 0 radical (unpaired) electrons. The van der Waals surface area contributed by atoms with Gasteiger partial charge in [-0.15, -0.1) is 0 Å². The number of rotatable bonds is 7. The van der Waals surface area contributed by atoms with Crippen molar-refractivity contribution in [2.24, 2.45) is 0 Å². The van der Waals surface area contributed by atoms with Crippen molar-refractivity contribution in [1.82, 2.24) is 14.4 Å². The normalized spacial score (nSPS) is 14.4. The summed E-state index contributed by atoms with van der Waals surface area (Å²) in [6.45, 7) is 3.03. The van der Waals surface area contributed by atoms with Gasteiger partial charge in [-0.3, -0.25) is 14.5 Å². The van der Waals surface area contributed by atoms with Crippen molar-refractivity contribution in [3.8, 4) is 6.07 Å². The van der Waals surface area contributed by atoms with Crippen molar-refractivity contribution in [3.63, 3.8) is 0 Å². The van der Waals surface area contributed by atoms with Gasteiger partial charge in [0.2, 0.25) is 11.8 Å². The average Bonchev–Trinajstić information content (AvgIpc) is 3.19. The van der Waals surface area contributed by atoms with Crippen LogP contribution in [0.4, 0.5) is 10.1 Å². The molecule has 1 fully saturated rings. The number of hydrogen-bond donors (Lipinski definition) is 1. The number of carbonyl (C=O) groups excluding carboxylic acids is 2. The Morgan fingerprint density at radius 2 is 1.88 bits per heavy atom. The molecule has 4 rings (SSSR count). The maximum Gasteiger partial charge on any atom is 0.246 e. The van der Waals surface area contributed by atoms with Crippen LogP contribution in [0.3, 0.4) is 0 Å². The first kappa shape index (κ1) is 23.2. The first-order valence-corrected chi connectivity index (χ1v) is 11.2. The van der Waals surface area contributed by atoms with Gasteiger partial charge in [0.05, 0.1) is 19.0 Å². The molecule has 1 N–H and O–H groups in total. The molecule has 0 spiro atoms. The fourth-order valence-electron chi connectivity index (χ4n) is 4.13.